The van der Waals surface area contributed by atoms with Gasteiger partial charge in [0.05, 0.1) is 0 Å². The molecule has 3 aliphatic rings. The molecule has 1 heteroatoms. The molecule has 3 aliphatic carbocycles. The quantitative estimate of drug-likeness (QED) is 0.403. The number of halogens is 1. The average molecular weight is 399 g/mol. The molecule has 0 nitrogen and oxygen atoms in total. The second-order valence-electron chi connectivity index (χ2n) is 10.9. The molecular formula is C28H43F. The normalized spacial score (nSPS) is 31.9. The highest BCUT2D eigenvalue weighted by Crippen LogP contribution is 2.49. The molecule has 162 valence electrons. The van der Waals surface area contributed by atoms with Gasteiger partial charge in [-0.2, -0.15) is 0 Å². The minimum absolute atomic E-state index is 0.0953. The van der Waals surface area contributed by atoms with Crippen molar-refractivity contribution in [2.75, 3.05) is 0 Å². The number of benzene rings is 1. The minimum Gasteiger partial charge on any atom is -0.207 e. The lowest BCUT2D eigenvalue weighted by atomic mass is 9.63. The van der Waals surface area contributed by atoms with E-state index >= 15 is 0 Å². The number of rotatable bonds is 7. The molecule has 5 unspecified atom stereocenters. The van der Waals surface area contributed by atoms with Crippen molar-refractivity contribution in [3.8, 4) is 0 Å². The lowest BCUT2D eigenvalue weighted by Gasteiger charge is -2.42. The average Bonchev–Trinajstić information content (AvgIpc) is 2.73. The standard InChI is InChI=1S/C28H43F/c1-3-4-5-6-7-8-21-10-12-23-17-24(14-13-22(23)16-21)26-18-25-11-9-20(2)15-27(25)28(29)19-26/h18-24H,3-17H2,1-2H3. The first kappa shape index (κ1) is 21.4. The number of fused-ring (bicyclic) bond motifs is 2. The summed E-state index contributed by atoms with van der Waals surface area (Å²) in [6, 6.07) is 4.32. The van der Waals surface area contributed by atoms with Gasteiger partial charge in [-0.05, 0) is 104 Å². The summed E-state index contributed by atoms with van der Waals surface area (Å²) in [5.41, 5.74) is 3.68. The topological polar surface area (TPSA) is 0 Å². The Labute approximate surface area is 179 Å². The highest BCUT2D eigenvalue weighted by molar-refractivity contribution is 5.37. The van der Waals surface area contributed by atoms with Gasteiger partial charge in [0.25, 0.3) is 0 Å². The molecule has 0 spiro atoms. The molecule has 2 saturated carbocycles. The van der Waals surface area contributed by atoms with Crippen LogP contribution >= 0.6 is 0 Å². The SMILES string of the molecule is CCCCCCCC1CCC2CC(c3cc(F)c4c(c3)CCC(C)C4)CCC2C1. The summed E-state index contributed by atoms with van der Waals surface area (Å²) >= 11 is 0. The number of hydrogen-bond donors (Lipinski definition) is 0. The van der Waals surface area contributed by atoms with E-state index in [4.69, 9.17) is 0 Å². The zero-order valence-electron chi connectivity index (χ0n) is 19.0. The van der Waals surface area contributed by atoms with Crippen molar-refractivity contribution < 1.29 is 4.39 Å². The van der Waals surface area contributed by atoms with Crippen LogP contribution in [0.3, 0.4) is 0 Å². The molecule has 0 bridgehead atoms. The monoisotopic (exact) mass is 398 g/mol. The summed E-state index contributed by atoms with van der Waals surface area (Å²) in [6.45, 7) is 4.57. The van der Waals surface area contributed by atoms with E-state index in [2.05, 4.69) is 19.9 Å². The van der Waals surface area contributed by atoms with E-state index in [1.54, 1.807) is 0 Å². The molecule has 0 N–H and O–H groups in total. The van der Waals surface area contributed by atoms with Gasteiger partial charge >= 0.3 is 0 Å². The third kappa shape index (κ3) is 5.26. The zero-order chi connectivity index (χ0) is 20.2. The second kappa shape index (κ2) is 9.97. The van der Waals surface area contributed by atoms with Crippen LogP contribution in [0.5, 0.6) is 0 Å². The molecule has 2 fully saturated rings. The third-order valence-corrected chi connectivity index (χ3v) is 8.68. The summed E-state index contributed by atoms with van der Waals surface area (Å²) in [4.78, 5) is 0. The van der Waals surface area contributed by atoms with Gasteiger partial charge in [0.15, 0.2) is 0 Å². The first-order valence-electron chi connectivity index (χ1n) is 12.9. The van der Waals surface area contributed by atoms with E-state index < -0.39 is 0 Å². The Morgan fingerprint density at radius 2 is 1.69 bits per heavy atom. The van der Waals surface area contributed by atoms with E-state index in [0.717, 1.165) is 36.2 Å². The van der Waals surface area contributed by atoms with Gasteiger partial charge in [0.2, 0.25) is 0 Å². The van der Waals surface area contributed by atoms with Crippen LogP contribution in [0.4, 0.5) is 4.39 Å². The number of hydrogen-bond acceptors (Lipinski definition) is 0. The summed E-state index contributed by atoms with van der Waals surface area (Å²) in [5.74, 6) is 4.21. The zero-order valence-corrected chi connectivity index (χ0v) is 19.0. The van der Waals surface area contributed by atoms with E-state index in [9.17, 15) is 4.39 Å². The fourth-order valence-electron chi connectivity index (χ4n) is 6.84. The lowest BCUT2D eigenvalue weighted by Crippen LogP contribution is -2.30. The Balaban J connectivity index is 1.31. The fourth-order valence-corrected chi connectivity index (χ4v) is 6.84. The van der Waals surface area contributed by atoms with Gasteiger partial charge in [-0.15, -0.1) is 0 Å². The fraction of sp³-hybridized carbons (Fsp3) is 0.786. The van der Waals surface area contributed by atoms with E-state index in [1.807, 2.05) is 6.07 Å². The molecule has 5 atom stereocenters. The maximum Gasteiger partial charge on any atom is 0.126 e. The van der Waals surface area contributed by atoms with Gasteiger partial charge in [0.1, 0.15) is 5.82 Å². The molecule has 0 amide bonds. The minimum atomic E-state index is 0.0953. The Kier molecular flexibility index (Phi) is 7.35. The van der Waals surface area contributed by atoms with Crippen LogP contribution in [0.25, 0.3) is 0 Å². The largest absolute Gasteiger partial charge is 0.207 e. The maximum atomic E-state index is 14.8. The van der Waals surface area contributed by atoms with Crippen molar-refractivity contribution in [1.29, 1.82) is 0 Å². The molecule has 0 heterocycles. The Morgan fingerprint density at radius 1 is 0.897 bits per heavy atom. The maximum absolute atomic E-state index is 14.8. The van der Waals surface area contributed by atoms with Crippen LogP contribution in [0.2, 0.25) is 0 Å². The summed E-state index contributed by atoms with van der Waals surface area (Å²) in [6.07, 6.45) is 20.2. The Hall–Kier alpha value is -0.850. The number of aryl methyl sites for hydroxylation is 1. The first-order valence-corrected chi connectivity index (χ1v) is 12.9. The second-order valence-corrected chi connectivity index (χ2v) is 10.9. The van der Waals surface area contributed by atoms with Crippen LogP contribution < -0.4 is 0 Å². The smallest absolute Gasteiger partial charge is 0.126 e. The number of unbranched alkanes of at least 4 members (excludes halogenated alkanes) is 4. The van der Waals surface area contributed by atoms with Crippen LogP contribution in [-0.2, 0) is 12.8 Å². The summed E-state index contributed by atoms with van der Waals surface area (Å²) in [5, 5.41) is 0. The van der Waals surface area contributed by atoms with Crippen molar-refractivity contribution in [2.45, 2.75) is 116 Å². The van der Waals surface area contributed by atoms with Gasteiger partial charge in [-0.3, -0.25) is 0 Å². The van der Waals surface area contributed by atoms with Crippen LogP contribution in [0.15, 0.2) is 12.1 Å². The predicted molar refractivity (Wildman–Crippen MR) is 122 cm³/mol. The summed E-state index contributed by atoms with van der Waals surface area (Å²) < 4.78 is 14.8. The first-order chi connectivity index (χ1) is 14.1. The molecule has 1 aromatic carbocycles. The molecule has 0 aliphatic heterocycles. The van der Waals surface area contributed by atoms with Crippen LogP contribution in [-0.4, -0.2) is 0 Å². The van der Waals surface area contributed by atoms with Crippen LogP contribution in [0.1, 0.15) is 120 Å². The third-order valence-electron chi connectivity index (χ3n) is 8.68. The molecule has 29 heavy (non-hydrogen) atoms. The van der Waals surface area contributed by atoms with Crippen molar-refractivity contribution >= 4 is 0 Å². The van der Waals surface area contributed by atoms with E-state index in [0.29, 0.717) is 11.8 Å². The molecule has 1 aromatic rings. The highest BCUT2D eigenvalue weighted by Gasteiger charge is 2.36. The van der Waals surface area contributed by atoms with Gasteiger partial charge in [-0.25, -0.2) is 4.39 Å². The molecule has 4 rings (SSSR count). The van der Waals surface area contributed by atoms with Crippen molar-refractivity contribution in [1.82, 2.24) is 0 Å². The van der Waals surface area contributed by atoms with Crippen LogP contribution in [0, 0.1) is 29.5 Å². The molecule has 0 radical (unpaired) electrons. The predicted octanol–water partition coefficient (Wildman–Crippen LogP) is 8.61. The summed E-state index contributed by atoms with van der Waals surface area (Å²) in [7, 11) is 0. The van der Waals surface area contributed by atoms with Gasteiger partial charge in [0, 0.05) is 0 Å². The Morgan fingerprint density at radius 3 is 2.55 bits per heavy atom. The Bertz CT molecular complexity index is 663. The van der Waals surface area contributed by atoms with E-state index in [-0.39, 0.29) is 5.82 Å². The molecular weight excluding hydrogens is 355 g/mol. The molecule has 0 saturated heterocycles. The van der Waals surface area contributed by atoms with Gasteiger partial charge in [-0.1, -0.05) is 64.9 Å². The molecule has 0 aromatic heterocycles. The van der Waals surface area contributed by atoms with Gasteiger partial charge < -0.3 is 0 Å². The lowest BCUT2D eigenvalue weighted by molar-refractivity contribution is 0.113. The van der Waals surface area contributed by atoms with E-state index in [1.165, 1.54) is 94.6 Å². The van der Waals surface area contributed by atoms with Crippen molar-refractivity contribution in [3.05, 3.63) is 34.6 Å². The van der Waals surface area contributed by atoms with Crippen molar-refractivity contribution in [3.63, 3.8) is 0 Å². The highest BCUT2D eigenvalue weighted by atomic mass is 19.1. The van der Waals surface area contributed by atoms with Crippen molar-refractivity contribution in [2.24, 2.45) is 23.7 Å².